The molecule has 1 aromatic heterocycles. The van der Waals surface area contributed by atoms with E-state index in [4.69, 9.17) is 22.7 Å². The molecule has 0 atom stereocenters. The molecule has 1 heterocycles. The minimum Gasteiger partial charge on any atom is -0.492 e. The third-order valence-electron chi connectivity index (χ3n) is 3.14. The Morgan fingerprint density at radius 3 is 2.86 bits per heavy atom. The SMILES string of the molecule is Cc1ncsc1CN(C)CCOc1ccccc1C(N)=S. The highest BCUT2D eigenvalue weighted by Crippen LogP contribution is 2.18. The summed E-state index contributed by atoms with van der Waals surface area (Å²) in [5.74, 6) is 0.743. The number of ether oxygens (including phenoxy) is 1. The number of benzene rings is 1. The molecule has 1 aromatic carbocycles. The number of nitrogens with zero attached hydrogens (tertiary/aromatic N) is 2. The Morgan fingerprint density at radius 1 is 1.43 bits per heavy atom. The van der Waals surface area contributed by atoms with Crippen LogP contribution < -0.4 is 10.5 Å². The van der Waals surface area contributed by atoms with Gasteiger partial charge in [-0.05, 0) is 26.1 Å². The zero-order valence-electron chi connectivity index (χ0n) is 12.2. The molecule has 4 nitrogen and oxygen atoms in total. The molecular weight excluding hydrogens is 302 g/mol. The van der Waals surface area contributed by atoms with E-state index in [9.17, 15) is 0 Å². The molecule has 0 spiro atoms. The number of para-hydroxylation sites is 1. The van der Waals surface area contributed by atoms with Crippen LogP contribution in [0.15, 0.2) is 29.8 Å². The van der Waals surface area contributed by atoms with Gasteiger partial charge in [0.15, 0.2) is 0 Å². The van der Waals surface area contributed by atoms with Gasteiger partial charge in [-0.15, -0.1) is 11.3 Å². The first kappa shape index (κ1) is 15.9. The van der Waals surface area contributed by atoms with Crippen molar-refractivity contribution < 1.29 is 4.74 Å². The maximum atomic E-state index is 5.80. The summed E-state index contributed by atoms with van der Waals surface area (Å²) in [4.78, 5) is 8.13. The van der Waals surface area contributed by atoms with E-state index in [1.165, 1.54) is 4.88 Å². The van der Waals surface area contributed by atoms with E-state index in [-0.39, 0.29) is 0 Å². The van der Waals surface area contributed by atoms with Crippen molar-refractivity contribution in [3.63, 3.8) is 0 Å². The minimum absolute atomic E-state index is 0.360. The zero-order chi connectivity index (χ0) is 15.2. The van der Waals surface area contributed by atoms with E-state index in [2.05, 4.69) is 16.9 Å². The number of likely N-dealkylation sites (N-methyl/N-ethyl adjacent to an activating group) is 1. The zero-order valence-corrected chi connectivity index (χ0v) is 13.8. The minimum atomic E-state index is 0.360. The lowest BCUT2D eigenvalue weighted by Crippen LogP contribution is -2.24. The van der Waals surface area contributed by atoms with E-state index >= 15 is 0 Å². The molecule has 2 rings (SSSR count). The van der Waals surface area contributed by atoms with Gasteiger partial charge in [-0.3, -0.25) is 4.90 Å². The van der Waals surface area contributed by atoms with Crippen molar-refractivity contribution in [2.24, 2.45) is 5.73 Å². The molecule has 6 heteroatoms. The van der Waals surface area contributed by atoms with Gasteiger partial charge in [0.25, 0.3) is 0 Å². The average Bonchev–Trinajstić information content (AvgIpc) is 2.84. The van der Waals surface area contributed by atoms with Gasteiger partial charge in [0.2, 0.25) is 0 Å². The molecule has 0 fully saturated rings. The highest BCUT2D eigenvalue weighted by Gasteiger charge is 2.08. The molecule has 0 saturated heterocycles. The summed E-state index contributed by atoms with van der Waals surface area (Å²) in [7, 11) is 2.07. The fraction of sp³-hybridized carbons (Fsp3) is 0.333. The normalized spacial score (nSPS) is 10.8. The van der Waals surface area contributed by atoms with Gasteiger partial charge in [0, 0.05) is 18.0 Å². The largest absolute Gasteiger partial charge is 0.492 e. The smallest absolute Gasteiger partial charge is 0.129 e. The number of hydrogen-bond donors (Lipinski definition) is 1. The molecule has 2 N–H and O–H groups in total. The summed E-state index contributed by atoms with van der Waals surface area (Å²) in [5.41, 5.74) is 9.46. The Hall–Kier alpha value is -1.50. The Bertz CT molecular complexity index is 612. The lowest BCUT2D eigenvalue weighted by Gasteiger charge is -2.17. The molecule has 0 aliphatic heterocycles. The van der Waals surface area contributed by atoms with E-state index in [0.29, 0.717) is 11.6 Å². The second-order valence-electron chi connectivity index (χ2n) is 4.81. The molecule has 0 amide bonds. The van der Waals surface area contributed by atoms with Crippen LogP contribution in [-0.2, 0) is 6.54 Å². The van der Waals surface area contributed by atoms with E-state index in [1.54, 1.807) is 11.3 Å². The Labute approximate surface area is 134 Å². The van der Waals surface area contributed by atoms with Crippen LogP contribution in [0.2, 0.25) is 0 Å². The van der Waals surface area contributed by atoms with Crippen molar-refractivity contribution in [1.29, 1.82) is 0 Å². The fourth-order valence-electron chi connectivity index (χ4n) is 1.91. The number of hydrogen-bond acceptors (Lipinski definition) is 5. The van der Waals surface area contributed by atoms with Gasteiger partial charge in [0.1, 0.15) is 17.3 Å². The highest BCUT2D eigenvalue weighted by atomic mass is 32.1. The van der Waals surface area contributed by atoms with Crippen molar-refractivity contribution in [1.82, 2.24) is 9.88 Å². The first-order valence-electron chi connectivity index (χ1n) is 6.67. The topological polar surface area (TPSA) is 51.4 Å². The van der Waals surface area contributed by atoms with Crippen LogP contribution in [0.25, 0.3) is 0 Å². The highest BCUT2D eigenvalue weighted by molar-refractivity contribution is 7.80. The van der Waals surface area contributed by atoms with Crippen molar-refractivity contribution in [2.75, 3.05) is 20.2 Å². The van der Waals surface area contributed by atoms with E-state index < -0.39 is 0 Å². The maximum Gasteiger partial charge on any atom is 0.129 e. The van der Waals surface area contributed by atoms with Gasteiger partial charge >= 0.3 is 0 Å². The fourth-order valence-corrected chi connectivity index (χ4v) is 2.93. The molecule has 2 aromatic rings. The molecule has 112 valence electrons. The van der Waals surface area contributed by atoms with Crippen LogP contribution >= 0.6 is 23.6 Å². The Balaban J connectivity index is 1.84. The number of thiocarbonyl (C=S) groups is 1. The molecule has 0 aliphatic carbocycles. The first-order valence-corrected chi connectivity index (χ1v) is 7.96. The summed E-state index contributed by atoms with van der Waals surface area (Å²) in [6, 6.07) is 7.59. The van der Waals surface area contributed by atoms with Gasteiger partial charge in [-0.25, -0.2) is 4.98 Å². The van der Waals surface area contributed by atoms with Crippen LogP contribution in [0.4, 0.5) is 0 Å². The lowest BCUT2D eigenvalue weighted by atomic mass is 10.2. The molecule has 0 unspecified atom stereocenters. The van der Waals surface area contributed by atoms with Crippen molar-refractivity contribution in [2.45, 2.75) is 13.5 Å². The summed E-state index contributed by atoms with van der Waals surface area (Å²) >= 11 is 6.71. The van der Waals surface area contributed by atoms with E-state index in [0.717, 1.165) is 30.1 Å². The number of aryl methyl sites for hydroxylation is 1. The summed E-state index contributed by atoms with van der Waals surface area (Å²) < 4.78 is 5.80. The van der Waals surface area contributed by atoms with Crippen LogP contribution in [0.1, 0.15) is 16.1 Å². The number of rotatable bonds is 7. The molecule has 0 bridgehead atoms. The summed E-state index contributed by atoms with van der Waals surface area (Å²) in [6.45, 7) is 4.34. The molecule has 21 heavy (non-hydrogen) atoms. The van der Waals surface area contributed by atoms with Crippen LogP contribution in [-0.4, -0.2) is 35.1 Å². The second-order valence-corrected chi connectivity index (χ2v) is 6.19. The third-order valence-corrected chi connectivity index (χ3v) is 4.28. The van der Waals surface area contributed by atoms with Crippen LogP contribution in [0.3, 0.4) is 0 Å². The van der Waals surface area contributed by atoms with Gasteiger partial charge in [0.05, 0.1) is 16.8 Å². The molecule has 0 aliphatic rings. The Morgan fingerprint density at radius 2 is 2.19 bits per heavy atom. The maximum absolute atomic E-state index is 5.80. The first-order chi connectivity index (χ1) is 10.1. The third kappa shape index (κ3) is 4.49. The Kier molecular flexibility index (Phi) is 5.67. The van der Waals surface area contributed by atoms with Crippen molar-refractivity contribution in [3.8, 4) is 5.75 Å². The predicted molar refractivity (Wildman–Crippen MR) is 91.0 cm³/mol. The average molecular weight is 321 g/mol. The lowest BCUT2D eigenvalue weighted by molar-refractivity contribution is 0.233. The monoisotopic (exact) mass is 321 g/mol. The standard InChI is InChI=1S/C15H19N3OS2/c1-11-14(21-10-17-11)9-18(2)7-8-19-13-6-4-3-5-12(13)15(16)20/h3-6,10H,7-9H2,1-2H3,(H2,16,20). The molecule has 0 saturated carbocycles. The van der Waals surface area contributed by atoms with Crippen molar-refractivity contribution in [3.05, 3.63) is 45.9 Å². The quantitative estimate of drug-likeness (QED) is 0.795. The van der Waals surface area contributed by atoms with Crippen molar-refractivity contribution >= 4 is 28.5 Å². The summed E-state index contributed by atoms with van der Waals surface area (Å²) in [6.07, 6.45) is 0. The van der Waals surface area contributed by atoms with E-state index in [1.807, 2.05) is 36.7 Å². The van der Waals surface area contributed by atoms with Gasteiger partial charge in [-0.1, -0.05) is 24.4 Å². The van der Waals surface area contributed by atoms with Gasteiger partial charge in [-0.2, -0.15) is 0 Å². The predicted octanol–water partition coefficient (Wildman–Crippen LogP) is 2.60. The molecule has 0 radical (unpaired) electrons. The van der Waals surface area contributed by atoms with Crippen LogP contribution in [0.5, 0.6) is 5.75 Å². The van der Waals surface area contributed by atoms with Crippen LogP contribution in [0, 0.1) is 6.92 Å². The second kappa shape index (κ2) is 7.49. The van der Waals surface area contributed by atoms with Gasteiger partial charge < -0.3 is 10.5 Å². The number of aromatic nitrogens is 1. The molecular formula is C15H19N3OS2. The number of thiazole rings is 1. The summed E-state index contributed by atoms with van der Waals surface area (Å²) in [5, 5.41) is 0. The number of nitrogens with two attached hydrogens (primary N) is 1.